The van der Waals surface area contributed by atoms with E-state index in [4.69, 9.17) is 9.47 Å². The van der Waals surface area contributed by atoms with Crippen LogP contribution in [-0.4, -0.2) is 55.2 Å². The fraction of sp³-hybridized carbons (Fsp3) is 1.00. The van der Waals surface area contributed by atoms with Crippen LogP contribution in [0.4, 0.5) is 0 Å². The van der Waals surface area contributed by atoms with Crippen LogP contribution in [0.5, 0.6) is 0 Å². The second-order valence-corrected chi connectivity index (χ2v) is 4.34. The summed E-state index contributed by atoms with van der Waals surface area (Å²) in [6.45, 7) is 5.51. The molecule has 4 heteroatoms. The summed E-state index contributed by atoms with van der Waals surface area (Å²) in [5.41, 5.74) is 0. The van der Waals surface area contributed by atoms with E-state index in [1.807, 2.05) is 13.8 Å². The van der Waals surface area contributed by atoms with Crippen LogP contribution in [0.25, 0.3) is 0 Å². The van der Waals surface area contributed by atoms with Crippen LogP contribution >= 0.6 is 0 Å². The molecule has 0 aromatic rings. The predicted octanol–water partition coefficient (Wildman–Crippen LogP) is 1.08. The lowest BCUT2D eigenvalue weighted by Gasteiger charge is -2.32. The van der Waals surface area contributed by atoms with E-state index in [1.165, 1.54) is 12.8 Å². The molecule has 1 saturated carbocycles. The summed E-state index contributed by atoms with van der Waals surface area (Å²) in [4.78, 5) is 0. The van der Waals surface area contributed by atoms with E-state index < -0.39 is 0 Å². The number of rotatable bonds is 4. The summed E-state index contributed by atoms with van der Waals surface area (Å²) in [6.07, 6.45) is 2.34. The summed E-state index contributed by atoms with van der Waals surface area (Å²) in [5, 5.41) is 4.53. The number of fused-ring (bicyclic) bond motifs is 2. The van der Waals surface area contributed by atoms with Crippen molar-refractivity contribution in [3.8, 4) is 0 Å². The lowest BCUT2D eigenvalue weighted by atomic mass is 10.1. The quantitative estimate of drug-likeness (QED) is 0.654. The standard InChI is InChI=1S/C11H22N2O2/c1-5-14-11(15-6-2)9-7-8-10(11)13(4)12(9)3/h9-10H,5-8H2,1-4H3. The average molecular weight is 214 g/mol. The van der Waals surface area contributed by atoms with Crippen LogP contribution in [0.1, 0.15) is 26.7 Å². The summed E-state index contributed by atoms with van der Waals surface area (Å²) in [5.74, 6) is -0.382. The largest absolute Gasteiger partial charge is 0.347 e. The number of hydrazine groups is 1. The third-order valence-corrected chi connectivity index (χ3v) is 3.78. The van der Waals surface area contributed by atoms with Gasteiger partial charge in [-0.1, -0.05) is 0 Å². The van der Waals surface area contributed by atoms with E-state index >= 15 is 0 Å². The molecule has 0 spiro atoms. The van der Waals surface area contributed by atoms with Gasteiger partial charge < -0.3 is 9.47 Å². The fourth-order valence-corrected chi connectivity index (χ4v) is 3.15. The fourth-order valence-electron chi connectivity index (χ4n) is 3.15. The number of ether oxygens (including phenoxy) is 2. The normalized spacial score (nSPS) is 35.2. The van der Waals surface area contributed by atoms with Gasteiger partial charge in [0.1, 0.15) is 0 Å². The smallest absolute Gasteiger partial charge is 0.202 e. The molecule has 15 heavy (non-hydrogen) atoms. The molecule has 0 aromatic carbocycles. The van der Waals surface area contributed by atoms with Gasteiger partial charge in [0.25, 0.3) is 0 Å². The van der Waals surface area contributed by atoms with E-state index in [-0.39, 0.29) is 5.79 Å². The van der Waals surface area contributed by atoms with E-state index in [0.29, 0.717) is 25.3 Å². The number of nitrogens with zero attached hydrogens (tertiary/aromatic N) is 2. The van der Waals surface area contributed by atoms with Gasteiger partial charge in [-0.2, -0.15) is 0 Å². The van der Waals surface area contributed by atoms with Crippen LogP contribution in [0.15, 0.2) is 0 Å². The summed E-state index contributed by atoms with van der Waals surface area (Å²) in [7, 11) is 4.24. The lowest BCUT2D eigenvalue weighted by molar-refractivity contribution is -0.239. The first-order valence-electron chi connectivity index (χ1n) is 5.90. The molecule has 0 aromatic heterocycles. The van der Waals surface area contributed by atoms with Gasteiger partial charge >= 0.3 is 0 Å². The molecule has 2 unspecified atom stereocenters. The Labute approximate surface area is 92.1 Å². The highest BCUT2D eigenvalue weighted by molar-refractivity contribution is 5.07. The Hall–Kier alpha value is -0.160. The van der Waals surface area contributed by atoms with Gasteiger partial charge in [0, 0.05) is 27.3 Å². The van der Waals surface area contributed by atoms with Crippen molar-refractivity contribution < 1.29 is 9.47 Å². The van der Waals surface area contributed by atoms with E-state index in [1.54, 1.807) is 0 Å². The maximum absolute atomic E-state index is 5.95. The molecule has 2 atom stereocenters. The molecule has 2 rings (SSSR count). The van der Waals surface area contributed by atoms with E-state index in [9.17, 15) is 0 Å². The molecule has 1 heterocycles. The van der Waals surface area contributed by atoms with Crippen molar-refractivity contribution >= 4 is 0 Å². The molecule has 4 nitrogen and oxygen atoms in total. The zero-order valence-corrected chi connectivity index (χ0v) is 10.2. The van der Waals surface area contributed by atoms with Crippen LogP contribution in [0.2, 0.25) is 0 Å². The highest BCUT2D eigenvalue weighted by atomic mass is 16.7. The van der Waals surface area contributed by atoms with Crippen molar-refractivity contribution in [1.29, 1.82) is 0 Å². The van der Waals surface area contributed by atoms with Crippen LogP contribution < -0.4 is 0 Å². The molecule has 1 aliphatic carbocycles. The number of hydrogen-bond acceptors (Lipinski definition) is 4. The molecule has 2 aliphatic rings. The molecule has 2 bridgehead atoms. The SMILES string of the molecule is CCOC1(OCC)C2CCC1N(C)N2C. The minimum atomic E-state index is -0.382. The third-order valence-electron chi connectivity index (χ3n) is 3.78. The summed E-state index contributed by atoms with van der Waals surface area (Å²) >= 11 is 0. The van der Waals surface area contributed by atoms with Gasteiger partial charge in [0.05, 0.1) is 12.1 Å². The zero-order chi connectivity index (χ0) is 11.1. The number of hydrogen-bond donors (Lipinski definition) is 0. The first-order chi connectivity index (χ1) is 7.17. The van der Waals surface area contributed by atoms with Gasteiger partial charge in [-0.3, -0.25) is 0 Å². The molecule has 1 saturated heterocycles. The van der Waals surface area contributed by atoms with E-state index in [2.05, 4.69) is 24.1 Å². The molecule has 88 valence electrons. The monoisotopic (exact) mass is 214 g/mol. The van der Waals surface area contributed by atoms with Gasteiger partial charge in [0.15, 0.2) is 0 Å². The molecule has 0 amide bonds. The van der Waals surface area contributed by atoms with Crippen molar-refractivity contribution in [2.45, 2.75) is 44.6 Å². The molecular formula is C11H22N2O2. The average Bonchev–Trinajstić information content (AvgIpc) is 2.63. The number of likely N-dealkylation sites (N-methyl/N-ethyl adjacent to an activating group) is 2. The van der Waals surface area contributed by atoms with Crippen molar-refractivity contribution in [1.82, 2.24) is 10.0 Å². The molecule has 1 aliphatic heterocycles. The van der Waals surface area contributed by atoms with Crippen molar-refractivity contribution in [3.63, 3.8) is 0 Å². The lowest BCUT2D eigenvalue weighted by Crippen LogP contribution is -2.48. The maximum atomic E-state index is 5.95. The van der Waals surface area contributed by atoms with Crippen molar-refractivity contribution in [3.05, 3.63) is 0 Å². The molecular weight excluding hydrogens is 192 g/mol. The zero-order valence-electron chi connectivity index (χ0n) is 10.2. The van der Waals surface area contributed by atoms with Crippen molar-refractivity contribution in [2.24, 2.45) is 0 Å². The second-order valence-electron chi connectivity index (χ2n) is 4.34. The Bertz CT molecular complexity index is 211. The minimum absolute atomic E-state index is 0.382. The van der Waals surface area contributed by atoms with Crippen LogP contribution in [0, 0.1) is 0 Å². The minimum Gasteiger partial charge on any atom is -0.347 e. The highest BCUT2D eigenvalue weighted by Gasteiger charge is 2.62. The van der Waals surface area contributed by atoms with Gasteiger partial charge in [0.2, 0.25) is 5.79 Å². The Morgan fingerprint density at radius 2 is 1.40 bits per heavy atom. The van der Waals surface area contributed by atoms with E-state index in [0.717, 1.165) is 0 Å². The van der Waals surface area contributed by atoms with Gasteiger partial charge in [-0.05, 0) is 26.7 Å². The summed E-state index contributed by atoms with van der Waals surface area (Å²) < 4.78 is 11.9. The topological polar surface area (TPSA) is 24.9 Å². The van der Waals surface area contributed by atoms with Crippen molar-refractivity contribution in [2.75, 3.05) is 27.3 Å². The van der Waals surface area contributed by atoms with Crippen LogP contribution in [-0.2, 0) is 9.47 Å². The Balaban J connectivity index is 2.24. The van der Waals surface area contributed by atoms with Gasteiger partial charge in [-0.15, -0.1) is 0 Å². The Kier molecular flexibility index (Phi) is 3.03. The molecule has 0 radical (unpaired) electrons. The predicted molar refractivity (Wildman–Crippen MR) is 58.3 cm³/mol. The second kappa shape index (κ2) is 4.01. The first-order valence-corrected chi connectivity index (χ1v) is 5.90. The highest BCUT2D eigenvalue weighted by Crippen LogP contribution is 2.46. The third kappa shape index (κ3) is 1.43. The first kappa shape index (κ1) is 11.3. The summed E-state index contributed by atoms with van der Waals surface area (Å²) in [6, 6.07) is 0.764. The molecule has 2 fully saturated rings. The molecule has 0 N–H and O–H groups in total. The van der Waals surface area contributed by atoms with Gasteiger partial charge in [-0.25, -0.2) is 10.0 Å². The Morgan fingerprint density at radius 3 is 1.73 bits per heavy atom. The van der Waals surface area contributed by atoms with Crippen LogP contribution in [0.3, 0.4) is 0 Å². The Morgan fingerprint density at radius 1 is 1.00 bits per heavy atom. The maximum Gasteiger partial charge on any atom is 0.202 e.